The van der Waals surface area contributed by atoms with E-state index in [4.69, 9.17) is 19.2 Å². The van der Waals surface area contributed by atoms with Gasteiger partial charge in [-0.3, -0.25) is 0 Å². The lowest BCUT2D eigenvalue weighted by Gasteiger charge is -2.37. The highest BCUT2D eigenvalue weighted by Gasteiger charge is 2.41. The summed E-state index contributed by atoms with van der Waals surface area (Å²) in [5.41, 5.74) is 3.16. The zero-order valence-corrected chi connectivity index (χ0v) is 18.0. The van der Waals surface area contributed by atoms with Crippen LogP contribution in [0.3, 0.4) is 0 Å². The van der Waals surface area contributed by atoms with Gasteiger partial charge in [-0.15, -0.1) is 0 Å². The van der Waals surface area contributed by atoms with Gasteiger partial charge in [-0.25, -0.2) is 9.97 Å². The Morgan fingerprint density at radius 2 is 1.90 bits per heavy atom. The van der Waals surface area contributed by atoms with Crippen LogP contribution in [-0.4, -0.2) is 66.3 Å². The zero-order chi connectivity index (χ0) is 21.5. The van der Waals surface area contributed by atoms with Gasteiger partial charge in [0.2, 0.25) is 5.75 Å². The van der Waals surface area contributed by atoms with Crippen LogP contribution in [0.5, 0.6) is 17.2 Å². The molecule has 0 spiro atoms. The van der Waals surface area contributed by atoms with Crippen molar-refractivity contribution < 1.29 is 19.3 Å². The predicted octanol–water partition coefficient (Wildman–Crippen LogP) is 2.09. The molecule has 1 saturated heterocycles. The van der Waals surface area contributed by atoms with E-state index >= 15 is 0 Å². The first-order valence-corrected chi connectivity index (χ1v) is 9.96. The maximum Gasteiger partial charge on any atom is 0.203 e. The first kappa shape index (κ1) is 20.5. The molecule has 30 heavy (non-hydrogen) atoms. The Labute approximate surface area is 176 Å². The molecule has 2 unspecified atom stereocenters. The zero-order valence-electron chi connectivity index (χ0n) is 18.0. The summed E-state index contributed by atoms with van der Waals surface area (Å²) < 4.78 is 16.3. The number of ether oxygens (including phenoxy) is 3. The van der Waals surface area contributed by atoms with Crippen molar-refractivity contribution in [3.05, 3.63) is 30.1 Å². The highest BCUT2D eigenvalue weighted by Crippen LogP contribution is 2.42. The molecule has 1 aliphatic rings. The summed E-state index contributed by atoms with van der Waals surface area (Å²) in [6.45, 7) is 3.07. The molecule has 1 fully saturated rings. The van der Waals surface area contributed by atoms with Crippen LogP contribution in [0.4, 0.5) is 0 Å². The number of nitrogens with one attached hydrogen (secondary N) is 1. The molecule has 3 heterocycles. The first-order chi connectivity index (χ1) is 14.4. The van der Waals surface area contributed by atoms with E-state index < -0.39 is 6.10 Å². The number of benzene rings is 1. The maximum absolute atomic E-state index is 11.2. The van der Waals surface area contributed by atoms with Crippen LogP contribution in [0, 0.1) is 0 Å². The average Bonchev–Trinajstić information content (AvgIpc) is 3.35. The molecule has 1 aromatic carbocycles. The van der Waals surface area contributed by atoms with Crippen LogP contribution < -0.4 is 14.2 Å². The van der Waals surface area contributed by atoms with Gasteiger partial charge in [0.05, 0.1) is 39.3 Å². The minimum absolute atomic E-state index is 0.334. The second-order valence-corrected chi connectivity index (χ2v) is 7.90. The quantitative estimate of drug-likeness (QED) is 0.601. The molecule has 3 aromatic rings. The molecule has 2 atom stereocenters. The Morgan fingerprint density at radius 1 is 1.20 bits per heavy atom. The lowest BCUT2D eigenvalue weighted by Crippen LogP contribution is -2.44. The number of hydrogen-bond acceptors (Lipinski definition) is 7. The molecule has 4 rings (SSSR count). The number of H-pyrrole nitrogens is 1. The third kappa shape index (κ3) is 3.18. The summed E-state index contributed by atoms with van der Waals surface area (Å²) in [6.07, 6.45) is 4.82. The molecule has 0 bridgehead atoms. The maximum atomic E-state index is 11.2. The first-order valence-electron chi connectivity index (χ1n) is 9.96. The lowest BCUT2D eigenvalue weighted by molar-refractivity contribution is 0.0432. The van der Waals surface area contributed by atoms with E-state index in [1.165, 1.54) is 0 Å². The van der Waals surface area contributed by atoms with Crippen molar-refractivity contribution in [1.29, 1.82) is 0 Å². The molecule has 2 N–H and O–H groups in total. The van der Waals surface area contributed by atoms with Crippen molar-refractivity contribution in [2.24, 2.45) is 0 Å². The summed E-state index contributed by atoms with van der Waals surface area (Å²) in [5.74, 6) is 1.61. The van der Waals surface area contributed by atoms with Crippen molar-refractivity contribution >= 4 is 19.1 Å². The number of fused-ring (bicyclic) bond motifs is 1. The fourth-order valence-corrected chi connectivity index (χ4v) is 4.29. The Balaban J connectivity index is 1.80. The Bertz CT molecular complexity index is 1050. The Hall–Kier alpha value is -2.78. The van der Waals surface area contributed by atoms with Crippen molar-refractivity contribution in [1.82, 2.24) is 19.8 Å². The minimum Gasteiger partial charge on any atom is -0.493 e. The van der Waals surface area contributed by atoms with Crippen LogP contribution in [0.1, 0.15) is 31.4 Å². The Kier molecular flexibility index (Phi) is 5.34. The second-order valence-electron chi connectivity index (χ2n) is 7.90. The number of aromatic nitrogens is 3. The fraction of sp³-hybridized carbons (Fsp3) is 0.429. The van der Waals surface area contributed by atoms with Crippen molar-refractivity contribution in [3.8, 4) is 28.5 Å². The molecular formula is C21H27BN4O4. The summed E-state index contributed by atoms with van der Waals surface area (Å²) >= 11 is 0. The number of nitrogens with zero attached hydrogens (tertiary/aromatic N) is 3. The van der Waals surface area contributed by atoms with Crippen LogP contribution in [0.15, 0.2) is 24.5 Å². The van der Waals surface area contributed by atoms with E-state index in [2.05, 4.69) is 29.7 Å². The summed E-state index contributed by atoms with van der Waals surface area (Å²) in [5, 5.41) is 11.2. The normalized spacial score (nSPS) is 20.4. The van der Waals surface area contributed by atoms with Gasteiger partial charge in [0.25, 0.3) is 0 Å². The van der Waals surface area contributed by atoms with E-state index in [-0.39, 0.29) is 5.54 Å². The predicted molar refractivity (Wildman–Crippen MR) is 117 cm³/mol. The number of aromatic amines is 1. The van der Waals surface area contributed by atoms with Crippen molar-refractivity contribution in [3.63, 3.8) is 0 Å². The smallest absolute Gasteiger partial charge is 0.203 e. The van der Waals surface area contributed by atoms with Crippen LogP contribution in [0.25, 0.3) is 22.4 Å². The number of rotatable bonds is 6. The van der Waals surface area contributed by atoms with Gasteiger partial charge in [-0.1, -0.05) is 0 Å². The highest BCUT2D eigenvalue weighted by atomic mass is 16.5. The molecule has 0 aliphatic carbocycles. The third-order valence-electron chi connectivity index (χ3n) is 6.30. The van der Waals surface area contributed by atoms with Gasteiger partial charge in [0.1, 0.15) is 5.52 Å². The van der Waals surface area contributed by atoms with Crippen molar-refractivity contribution in [2.45, 2.75) is 31.4 Å². The van der Waals surface area contributed by atoms with Crippen LogP contribution in [0.2, 0.25) is 0 Å². The molecule has 1 aliphatic heterocycles. The number of aliphatic hydroxyl groups is 1. The summed E-state index contributed by atoms with van der Waals surface area (Å²) in [7, 11) is 6.78. The lowest BCUT2D eigenvalue weighted by atomic mass is 9.86. The second kappa shape index (κ2) is 7.81. The molecule has 9 heteroatoms. The monoisotopic (exact) mass is 410 g/mol. The van der Waals surface area contributed by atoms with E-state index in [1.807, 2.05) is 18.3 Å². The summed E-state index contributed by atoms with van der Waals surface area (Å²) in [6, 6.07) is 3.68. The van der Waals surface area contributed by atoms with E-state index in [0.717, 1.165) is 30.5 Å². The van der Waals surface area contributed by atoms with Gasteiger partial charge < -0.3 is 29.1 Å². The van der Waals surface area contributed by atoms with E-state index in [1.54, 1.807) is 27.5 Å². The van der Waals surface area contributed by atoms with Gasteiger partial charge in [0, 0.05) is 22.9 Å². The number of methoxy groups -OCH3 is 3. The van der Waals surface area contributed by atoms with Gasteiger partial charge in [-0.2, -0.15) is 0 Å². The molecular weight excluding hydrogens is 383 g/mol. The van der Waals surface area contributed by atoms with Crippen molar-refractivity contribution in [2.75, 3.05) is 27.9 Å². The largest absolute Gasteiger partial charge is 0.493 e. The molecule has 0 saturated carbocycles. The number of aliphatic hydroxyl groups excluding tert-OH is 1. The van der Waals surface area contributed by atoms with E-state index in [0.29, 0.717) is 34.1 Å². The van der Waals surface area contributed by atoms with Crippen LogP contribution >= 0.6 is 0 Å². The van der Waals surface area contributed by atoms with Crippen LogP contribution in [-0.2, 0) is 0 Å². The molecule has 2 aromatic heterocycles. The fourth-order valence-electron chi connectivity index (χ4n) is 4.29. The van der Waals surface area contributed by atoms with Gasteiger partial charge in [0.15, 0.2) is 25.1 Å². The standard InChI is InChI=1S/C21H27BN4O4/c1-21(6-5-7-26(21)22)19(27)13-10-23-20-17(13)25-14(11-24-20)12-8-15(28-2)18(30-4)16(9-12)29-3/h8-11,19,27H,5-7,22H2,1-4H3,(H,23,24). The molecule has 0 radical (unpaired) electrons. The van der Waals surface area contributed by atoms with Gasteiger partial charge in [-0.05, 0) is 38.4 Å². The third-order valence-corrected chi connectivity index (χ3v) is 6.30. The van der Waals surface area contributed by atoms with Gasteiger partial charge >= 0.3 is 0 Å². The molecule has 8 nitrogen and oxygen atoms in total. The summed E-state index contributed by atoms with van der Waals surface area (Å²) in [4.78, 5) is 14.7. The SMILES string of the molecule is BN1CCCC1(C)C(O)c1c[nH]c2ncc(-c3cc(OC)c(OC)c(OC)c3)nc12. The van der Waals surface area contributed by atoms with E-state index in [9.17, 15) is 5.11 Å². The topological polar surface area (TPSA) is 92.7 Å². The minimum atomic E-state index is -0.678. The Morgan fingerprint density at radius 3 is 2.47 bits per heavy atom. The number of hydrogen-bond donors (Lipinski definition) is 2. The molecule has 0 amide bonds. The highest BCUT2D eigenvalue weighted by molar-refractivity contribution is 6.05. The molecule has 158 valence electrons. The average molecular weight is 410 g/mol.